The number of nitrogens with one attached hydrogen (secondary N) is 1. The SMILES string of the molecule is COc1ccc(Nc2ccc3c(O)c(N)c(S(=O)(=O)O)cc3c2)cc1. The topological polar surface area (TPSA) is 122 Å². The number of rotatable bonds is 4. The van der Waals surface area contributed by atoms with E-state index in [1.807, 2.05) is 12.1 Å². The molecule has 0 saturated heterocycles. The predicted octanol–water partition coefficient (Wildman–Crippen LogP) is 3.13. The van der Waals surface area contributed by atoms with Gasteiger partial charge in [0.05, 0.1) is 12.8 Å². The number of phenols is 1. The smallest absolute Gasteiger partial charge is 0.296 e. The fourth-order valence-electron chi connectivity index (χ4n) is 2.51. The standard InChI is InChI=1S/C17H16N2O5S/c1-24-13-5-2-11(3-6-13)19-12-4-7-14-10(8-12)9-15(25(21,22)23)16(18)17(14)20/h2-9,19-20H,18H2,1H3,(H,21,22,23). The Balaban J connectivity index is 2.05. The van der Waals surface area contributed by atoms with Crippen LogP contribution in [0.2, 0.25) is 0 Å². The summed E-state index contributed by atoms with van der Waals surface area (Å²) in [5, 5.41) is 14.1. The van der Waals surface area contributed by atoms with Crippen LogP contribution in [-0.4, -0.2) is 25.2 Å². The highest BCUT2D eigenvalue weighted by molar-refractivity contribution is 7.86. The molecule has 25 heavy (non-hydrogen) atoms. The van der Waals surface area contributed by atoms with Gasteiger partial charge < -0.3 is 20.9 Å². The summed E-state index contributed by atoms with van der Waals surface area (Å²) in [6.07, 6.45) is 0. The average molecular weight is 360 g/mol. The van der Waals surface area contributed by atoms with E-state index in [0.717, 1.165) is 11.4 Å². The summed E-state index contributed by atoms with van der Waals surface area (Å²) in [5.74, 6) is 0.336. The Morgan fingerprint density at radius 1 is 1.04 bits per heavy atom. The third-order valence-electron chi connectivity index (χ3n) is 3.77. The van der Waals surface area contributed by atoms with Gasteiger partial charge in [0.25, 0.3) is 10.1 Å². The van der Waals surface area contributed by atoms with E-state index in [-0.39, 0.29) is 11.4 Å². The van der Waals surface area contributed by atoms with Crippen molar-refractivity contribution < 1.29 is 22.8 Å². The molecule has 7 nitrogen and oxygen atoms in total. The van der Waals surface area contributed by atoms with Crippen LogP contribution in [0.3, 0.4) is 0 Å². The second kappa shape index (κ2) is 6.15. The van der Waals surface area contributed by atoms with Crippen LogP contribution in [-0.2, 0) is 10.1 Å². The average Bonchev–Trinajstić information content (AvgIpc) is 2.57. The lowest BCUT2D eigenvalue weighted by Crippen LogP contribution is -2.03. The van der Waals surface area contributed by atoms with E-state index in [0.29, 0.717) is 16.5 Å². The van der Waals surface area contributed by atoms with Crippen LogP contribution < -0.4 is 15.8 Å². The van der Waals surface area contributed by atoms with Crippen LogP contribution in [0.5, 0.6) is 11.5 Å². The van der Waals surface area contributed by atoms with Crippen molar-refractivity contribution in [3.63, 3.8) is 0 Å². The third kappa shape index (κ3) is 3.30. The van der Waals surface area contributed by atoms with Crippen molar-refractivity contribution in [2.75, 3.05) is 18.2 Å². The Hall–Kier alpha value is -2.97. The van der Waals surface area contributed by atoms with E-state index in [1.165, 1.54) is 6.07 Å². The maximum atomic E-state index is 11.4. The van der Waals surface area contributed by atoms with Gasteiger partial charge >= 0.3 is 0 Å². The zero-order chi connectivity index (χ0) is 18.2. The number of anilines is 3. The second-order valence-electron chi connectivity index (χ2n) is 5.40. The largest absolute Gasteiger partial charge is 0.505 e. The molecule has 0 amide bonds. The maximum Gasteiger partial charge on any atom is 0.296 e. The minimum atomic E-state index is -4.55. The first-order valence-electron chi connectivity index (χ1n) is 7.23. The van der Waals surface area contributed by atoms with Gasteiger partial charge in [-0.05, 0) is 53.9 Å². The lowest BCUT2D eigenvalue weighted by Gasteiger charge is -2.12. The van der Waals surface area contributed by atoms with Crippen molar-refractivity contribution in [1.82, 2.24) is 0 Å². The first-order valence-corrected chi connectivity index (χ1v) is 8.67. The number of aromatic hydroxyl groups is 1. The number of nitrogen functional groups attached to an aromatic ring is 1. The summed E-state index contributed by atoms with van der Waals surface area (Å²) >= 11 is 0. The van der Waals surface area contributed by atoms with E-state index in [2.05, 4.69) is 5.32 Å². The molecule has 0 heterocycles. The molecule has 3 aromatic rings. The monoisotopic (exact) mass is 360 g/mol. The first-order chi connectivity index (χ1) is 11.8. The fourth-order valence-corrected chi connectivity index (χ4v) is 3.16. The molecule has 0 saturated carbocycles. The van der Waals surface area contributed by atoms with Crippen molar-refractivity contribution in [1.29, 1.82) is 0 Å². The van der Waals surface area contributed by atoms with Crippen LogP contribution in [0.25, 0.3) is 10.8 Å². The van der Waals surface area contributed by atoms with E-state index in [4.69, 9.17) is 10.5 Å². The van der Waals surface area contributed by atoms with Crippen LogP contribution in [0.15, 0.2) is 53.4 Å². The first kappa shape index (κ1) is 16.9. The van der Waals surface area contributed by atoms with Crippen molar-refractivity contribution in [3.8, 4) is 11.5 Å². The molecular formula is C17H16N2O5S. The number of hydrogen-bond donors (Lipinski definition) is 4. The van der Waals surface area contributed by atoms with Gasteiger partial charge in [-0.15, -0.1) is 0 Å². The van der Waals surface area contributed by atoms with E-state index < -0.39 is 15.0 Å². The molecule has 3 rings (SSSR count). The molecular weight excluding hydrogens is 344 g/mol. The molecule has 0 spiro atoms. The third-order valence-corrected chi connectivity index (χ3v) is 4.66. The predicted molar refractivity (Wildman–Crippen MR) is 96.1 cm³/mol. The van der Waals surface area contributed by atoms with Gasteiger partial charge in [-0.25, -0.2) is 0 Å². The number of nitrogens with two attached hydrogens (primary N) is 1. The summed E-state index contributed by atoms with van der Waals surface area (Å²) < 4.78 is 37.2. The highest BCUT2D eigenvalue weighted by Crippen LogP contribution is 2.37. The number of benzene rings is 3. The molecule has 0 fully saturated rings. The van der Waals surface area contributed by atoms with Crippen molar-refractivity contribution in [2.24, 2.45) is 0 Å². The Kier molecular flexibility index (Phi) is 4.15. The van der Waals surface area contributed by atoms with E-state index >= 15 is 0 Å². The van der Waals surface area contributed by atoms with Crippen molar-refractivity contribution >= 4 is 38.0 Å². The second-order valence-corrected chi connectivity index (χ2v) is 6.79. The van der Waals surface area contributed by atoms with Gasteiger partial charge in [-0.2, -0.15) is 8.42 Å². The number of fused-ring (bicyclic) bond motifs is 1. The number of hydrogen-bond acceptors (Lipinski definition) is 6. The van der Waals surface area contributed by atoms with Crippen molar-refractivity contribution in [3.05, 3.63) is 48.5 Å². The zero-order valence-electron chi connectivity index (χ0n) is 13.2. The molecule has 0 aliphatic heterocycles. The van der Waals surface area contributed by atoms with Crippen LogP contribution in [0, 0.1) is 0 Å². The lowest BCUT2D eigenvalue weighted by molar-refractivity contribution is 0.415. The van der Waals surface area contributed by atoms with Crippen LogP contribution in [0.1, 0.15) is 0 Å². The van der Waals surface area contributed by atoms with E-state index in [1.54, 1.807) is 37.4 Å². The molecule has 0 unspecified atom stereocenters. The minimum absolute atomic E-state index is 0.380. The molecule has 0 radical (unpaired) electrons. The van der Waals surface area contributed by atoms with Crippen molar-refractivity contribution in [2.45, 2.75) is 4.90 Å². The molecule has 0 atom stereocenters. The van der Waals surface area contributed by atoms with Gasteiger partial charge in [-0.3, -0.25) is 4.55 Å². The Morgan fingerprint density at radius 2 is 1.68 bits per heavy atom. The van der Waals surface area contributed by atoms with E-state index in [9.17, 15) is 18.1 Å². The highest BCUT2D eigenvalue weighted by Gasteiger charge is 2.19. The molecule has 0 bridgehead atoms. The summed E-state index contributed by atoms with van der Waals surface area (Å²) in [4.78, 5) is -0.529. The Morgan fingerprint density at radius 3 is 2.28 bits per heavy atom. The van der Waals surface area contributed by atoms with Gasteiger partial charge in [0, 0.05) is 16.8 Å². The lowest BCUT2D eigenvalue weighted by atomic mass is 10.1. The Bertz CT molecular complexity index is 1050. The highest BCUT2D eigenvalue weighted by atomic mass is 32.2. The quantitative estimate of drug-likeness (QED) is 0.320. The number of phenolic OH excluding ortho intramolecular Hbond substituents is 1. The van der Waals surface area contributed by atoms with Gasteiger partial charge in [0.1, 0.15) is 16.4 Å². The molecule has 3 aromatic carbocycles. The summed E-state index contributed by atoms with van der Waals surface area (Å²) in [7, 11) is -2.97. The molecule has 130 valence electrons. The molecule has 8 heteroatoms. The fraction of sp³-hybridized carbons (Fsp3) is 0.0588. The summed E-state index contributed by atoms with van der Waals surface area (Å²) in [5.41, 5.74) is 6.69. The number of ether oxygens (including phenoxy) is 1. The molecule has 5 N–H and O–H groups in total. The summed E-state index contributed by atoms with van der Waals surface area (Å²) in [6.45, 7) is 0. The molecule has 0 aliphatic rings. The maximum absolute atomic E-state index is 11.4. The molecule has 0 aromatic heterocycles. The minimum Gasteiger partial charge on any atom is -0.505 e. The molecule has 0 aliphatic carbocycles. The van der Waals surface area contributed by atoms with Gasteiger partial charge in [-0.1, -0.05) is 0 Å². The van der Waals surface area contributed by atoms with Gasteiger partial charge in [0.15, 0.2) is 0 Å². The number of methoxy groups -OCH3 is 1. The van der Waals surface area contributed by atoms with Crippen LogP contribution in [0.4, 0.5) is 17.1 Å². The van der Waals surface area contributed by atoms with Crippen LogP contribution >= 0.6 is 0 Å². The summed E-state index contributed by atoms with van der Waals surface area (Å²) in [6, 6.07) is 13.4. The van der Waals surface area contributed by atoms with Gasteiger partial charge in [0.2, 0.25) is 0 Å². The zero-order valence-corrected chi connectivity index (χ0v) is 14.0. The Labute approximate surface area is 144 Å². The normalized spacial score (nSPS) is 11.4.